The lowest BCUT2D eigenvalue weighted by molar-refractivity contribution is -0.307. The van der Waals surface area contributed by atoms with E-state index in [0.29, 0.717) is 16.6 Å². The Morgan fingerprint density at radius 2 is 1.74 bits per heavy atom. The Bertz CT molecular complexity index is 1720. The fraction of sp³-hybridized carbons (Fsp3) is 0.0769. The Kier molecular flexibility index (Phi) is 5.50. The summed E-state index contributed by atoms with van der Waals surface area (Å²) in [7, 11) is 0. The van der Waals surface area contributed by atoms with Crippen molar-refractivity contribution in [3.63, 3.8) is 0 Å². The number of benzene rings is 3. The highest BCUT2D eigenvalue weighted by Gasteiger charge is 2.17. The molecule has 5 aromatic rings. The van der Waals surface area contributed by atoms with Crippen LogP contribution in [0.1, 0.15) is 11.1 Å². The summed E-state index contributed by atoms with van der Waals surface area (Å²) in [4.78, 5) is 46.2. The van der Waals surface area contributed by atoms with Crippen LogP contribution in [-0.2, 0) is 11.2 Å². The average molecular weight is 467 g/mol. The fourth-order valence-corrected chi connectivity index (χ4v) is 4.15. The number of carboxylic acids is 1. The van der Waals surface area contributed by atoms with E-state index >= 15 is 0 Å². The molecule has 0 spiro atoms. The van der Waals surface area contributed by atoms with Crippen molar-refractivity contribution in [2.24, 2.45) is 4.99 Å². The van der Waals surface area contributed by atoms with Crippen LogP contribution in [0.2, 0.25) is 0 Å². The monoisotopic (exact) mass is 467 g/mol. The van der Waals surface area contributed by atoms with Crippen LogP contribution in [0.5, 0.6) is 5.88 Å². The number of aromatic hydroxyl groups is 1. The Balaban J connectivity index is 1.56. The second kappa shape index (κ2) is 8.79. The number of nitrogens with zero attached hydrogens (tertiary/aromatic N) is 2. The van der Waals surface area contributed by atoms with Crippen molar-refractivity contribution in [3.8, 4) is 11.6 Å². The van der Waals surface area contributed by atoms with Crippen molar-refractivity contribution >= 4 is 33.9 Å². The number of carboxylic acid groups (broad SMARTS) is 1. The third kappa shape index (κ3) is 3.99. The molecule has 1 atom stereocenters. The molecule has 0 aliphatic carbocycles. The molecule has 0 saturated carbocycles. The molecule has 3 aromatic carbocycles. The largest absolute Gasteiger partial charge is 0.548 e. The number of aromatic amines is 2. The number of hydrogen-bond acceptors (Lipinski definition) is 6. The maximum atomic E-state index is 12.6. The van der Waals surface area contributed by atoms with Gasteiger partial charge in [0.05, 0.1) is 17.7 Å². The number of carbonyl (C=O) groups is 1. The molecule has 0 radical (unpaired) electrons. The van der Waals surface area contributed by atoms with E-state index in [1.54, 1.807) is 30.5 Å². The van der Waals surface area contributed by atoms with E-state index in [1.807, 2.05) is 42.5 Å². The van der Waals surface area contributed by atoms with E-state index < -0.39 is 29.1 Å². The maximum Gasteiger partial charge on any atom is 0.335 e. The molecule has 0 bridgehead atoms. The Labute approximate surface area is 197 Å². The Morgan fingerprint density at radius 1 is 1.03 bits per heavy atom. The highest BCUT2D eigenvalue weighted by Crippen LogP contribution is 2.25. The van der Waals surface area contributed by atoms with Gasteiger partial charge in [-0.25, -0.2) is 9.36 Å². The summed E-state index contributed by atoms with van der Waals surface area (Å²) in [6, 6.07) is 18.5. The number of fused-ring (bicyclic) bond motifs is 2. The van der Waals surface area contributed by atoms with E-state index in [4.69, 9.17) is 0 Å². The minimum atomic E-state index is -1.44. The summed E-state index contributed by atoms with van der Waals surface area (Å²) in [6.07, 6.45) is 2.66. The van der Waals surface area contributed by atoms with Gasteiger partial charge in [0.15, 0.2) is 0 Å². The first-order valence-electron chi connectivity index (χ1n) is 10.8. The first-order chi connectivity index (χ1) is 16.9. The van der Waals surface area contributed by atoms with Crippen molar-refractivity contribution in [2.75, 3.05) is 0 Å². The topological polar surface area (TPSA) is 143 Å². The van der Waals surface area contributed by atoms with Crippen LogP contribution in [0.25, 0.3) is 27.4 Å². The van der Waals surface area contributed by atoms with E-state index in [2.05, 4.69) is 15.0 Å². The van der Waals surface area contributed by atoms with Gasteiger partial charge in [-0.2, -0.15) is 0 Å². The van der Waals surface area contributed by atoms with Crippen molar-refractivity contribution < 1.29 is 15.0 Å². The summed E-state index contributed by atoms with van der Waals surface area (Å²) in [6.45, 7) is 0. The van der Waals surface area contributed by atoms with Gasteiger partial charge in [0.1, 0.15) is 5.56 Å². The second-order valence-electron chi connectivity index (χ2n) is 8.01. The molecule has 3 N–H and O–H groups in total. The van der Waals surface area contributed by atoms with Gasteiger partial charge in [-0.1, -0.05) is 54.6 Å². The molecule has 0 unspecified atom stereocenters. The minimum Gasteiger partial charge on any atom is -0.548 e. The predicted octanol–water partition coefficient (Wildman–Crippen LogP) is 1.65. The van der Waals surface area contributed by atoms with Gasteiger partial charge >= 0.3 is 5.69 Å². The van der Waals surface area contributed by atoms with Crippen LogP contribution in [0.3, 0.4) is 0 Å². The van der Waals surface area contributed by atoms with Crippen molar-refractivity contribution in [2.45, 2.75) is 12.5 Å². The van der Waals surface area contributed by atoms with Crippen molar-refractivity contribution in [1.29, 1.82) is 0 Å². The van der Waals surface area contributed by atoms with Crippen LogP contribution in [0, 0.1) is 0 Å². The van der Waals surface area contributed by atoms with Crippen LogP contribution in [-0.4, -0.2) is 37.9 Å². The molecule has 2 heterocycles. The summed E-state index contributed by atoms with van der Waals surface area (Å²) < 4.78 is 0.957. The number of hydrogen-bond donors (Lipinski definition) is 3. The zero-order chi connectivity index (χ0) is 24.5. The van der Waals surface area contributed by atoms with Crippen LogP contribution < -0.4 is 16.4 Å². The number of para-hydroxylation sites is 1. The first kappa shape index (κ1) is 21.9. The van der Waals surface area contributed by atoms with Crippen molar-refractivity contribution in [1.82, 2.24) is 14.5 Å². The van der Waals surface area contributed by atoms with Gasteiger partial charge in [0, 0.05) is 35.1 Å². The first-order valence-corrected chi connectivity index (χ1v) is 10.8. The molecule has 0 fully saturated rings. The molecule has 0 amide bonds. The number of H-pyrrole nitrogens is 2. The molecular weight excluding hydrogens is 448 g/mol. The second-order valence-corrected chi connectivity index (χ2v) is 8.01. The van der Waals surface area contributed by atoms with Gasteiger partial charge in [0.25, 0.3) is 5.56 Å². The van der Waals surface area contributed by atoms with Crippen LogP contribution >= 0.6 is 0 Å². The summed E-state index contributed by atoms with van der Waals surface area (Å²) >= 11 is 0. The van der Waals surface area contributed by atoms with Gasteiger partial charge < -0.3 is 20.0 Å². The lowest BCUT2D eigenvalue weighted by Crippen LogP contribution is -2.36. The van der Waals surface area contributed by atoms with E-state index in [-0.39, 0.29) is 12.0 Å². The van der Waals surface area contributed by atoms with Gasteiger partial charge in [-0.15, -0.1) is 0 Å². The minimum absolute atomic E-state index is 0.00444. The lowest BCUT2D eigenvalue weighted by Gasteiger charge is -2.14. The summed E-state index contributed by atoms with van der Waals surface area (Å²) in [5.74, 6) is -2.09. The van der Waals surface area contributed by atoms with Gasteiger partial charge in [0.2, 0.25) is 5.88 Å². The number of aliphatic imine (C=N–C) groups is 1. The molecule has 35 heavy (non-hydrogen) atoms. The highest BCUT2D eigenvalue weighted by molar-refractivity contribution is 5.91. The average Bonchev–Trinajstić information content (AvgIpc) is 3.26. The van der Waals surface area contributed by atoms with E-state index in [9.17, 15) is 24.6 Å². The normalized spacial score (nSPS) is 12.5. The number of rotatable bonds is 6. The molecule has 5 rings (SSSR count). The molecule has 2 aromatic heterocycles. The third-order valence-corrected chi connectivity index (χ3v) is 5.87. The molecule has 9 nitrogen and oxygen atoms in total. The molecule has 0 aliphatic heterocycles. The molecule has 0 aliphatic rings. The summed E-state index contributed by atoms with van der Waals surface area (Å²) in [5, 5.41) is 25.0. The fourth-order valence-electron chi connectivity index (χ4n) is 4.15. The maximum absolute atomic E-state index is 12.6. The van der Waals surface area contributed by atoms with Gasteiger partial charge in [-0.05, 0) is 23.1 Å². The number of carbonyl (C=O) groups excluding carboxylic acids is 1. The molecule has 0 saturated heterocycles. The number of aromatic nitrogens is 3. The Morgan fingerprint density at radius 3 is 2.54 bits per heavy atom. The quantitative estimate of drug-likeness (QED) is 0.325. The van der Waals surface area contributed by atoms with Gasteiger partial charge in [-0.3, -0.25) is 14.8 Å². The number of aliphatic carboxylic acids is 1. The highest BCUT2D eigenvalue weighted by atomic mass is 16.4. The summed E-state index contributed by atoms with van der Waals surface area (Å²) in [5.41, 5.74) is -0.159. The SMILES string of the molecule is O=C([O-])[C@@H](Cc1c[nH]c2ccccc12)N=Cc1c(O)n(-c2cccc3ccccc23)c(=O)[nH]c1=O. The zero-order valence-corrected chi connectivity index (χ0v) is 18.3. The smallest absolute Gasteiger partial charge is 0.335 e. The predicted molar refractivity (Wildman–Crippen MR) is 130 cm³/mol. The van der Waals surface area contributed by atoms with E-state index in [0.717, 1.165) is 27.1 Å². The lowest BCUT2D eigenvalue weighted by atomic mass is 10.1. The van der Waals surface area contributed by atoms with E-state index in [1.165, 1.54) is 0 Å². The Hall–Kier alpha value is -4.92. The molecule has 174 valence electrons. The zero-order valence-electron chi connectivity index (χ0n) is 18.3. The standard InChI is InChI=1S/C26H20N4O5/c31-23-19(14-28-21(25(33)34)12-16-13-27-20-10-4-3-8-17(16)20)24(32)30(26(35)29-23)22-11-5-7-15-6-1-2-9-18(15)22/h1-11,13-14,21,27,32H,12H2,(H,33,34)(H,29,31,35)/p-1/t21-/m1/s1. The number of nitrogens with one attached hydrogen (secondary N) is 2. The third-order valence-electron chi connectivity index (χ3n) is 5.87. The van der Waals surface area contributed by atoms with Crippen LogP contribution in [0.4, 0.5) is 0 Å². The van der Waals surface area contributed by atoms with Crippen LogP contribution in [0.15, 0.2) is 87.5 Å². The van der Waals surface area contributed by atoms with Crippen molar-refractivity contribution in [3.05, 3.63) is 105 Å². The molecule has 9 heteroatoms. The molecular formula is C26H19N4O5-.